The van der Waals surface area contributed by atoms with Crippen molar-refractivity contribution < 1.29 is 9.53 Å². The molecule has 0 aliphatic heterocycles. The lowest BCUT2D eigenvalue weighted by Crippen LogP contribution is -2.35. The molecule has 92 valence electrons. The summed E-state index contributed by atoms with van der Waals surface area (Å²) in [6, 6.07) is 7.29. The lowest BCUT2D eigenvalue weighted by atomic mass is 9.82. The van der Waals surface area contributed by atoms with Crippen LogP contribution in [0.2, 0.25) is 0 Å². The van der Waals surface area contributed by atoms with E-state index in [1.165, 1.54) is 0 Å². The van der Waals surface area contributed by atoms with Crippen molar-refractivity contribution in [2.24, 2.45) is 17.4 Å². The van der Waals surface area contributed by atoms with Crippen molar-refractivity contribution in [1.29, 1.82) is 0 Å². The second kappa shape index (κ2) is 5.29. The first-order chi connectivity index (χ1) is 8.20. The molecule has 1 aromatic rings. The summed E-state index contributed by atoms with van der Waals surface area (Å²) < 4.78 is 5.72. The zero-order valence-electron chi connectivity index (χ0n) is 9.76. The van der Waals surface area contributed by atoms with Gasteiger partial charge in [0.2, 0.25) is 5.91 Å². The Morgan fingerprint density at radius 2 is 2.06 bits per heavy atom. The SMILES string of the molecule is NCC1CC(OCc2ccccc2C(N)=O)C1. The summed E-state index contributed by atoms with van der Waals surface area (Å²) in [5.41, 5.74) is 12.3. The first kappa shape index (κ1) is 12.1. The molecule has 0 saturated heterocycles. The highest BCUT2D eigenvalue weighted by Gasteiger charge is 2.28. The van der Waals surface area contributed by atoms with E-state index in [4.69, 9.17) is 16.2 Å². The summed E-state index contributed by atoms with van der Waals surface area (Å²) in [7, 11) is 0. The number of hydrogen-bond acceptors (Lipinski definition) is 3. The van der Waals surface area contributed by atoms with Gasteiger partial charge in [-0.05, 0) is 36.9 Å². The van der Waals surface area contributed by atoms with Gasteiger partial charge in [-0.2, -0.15) is 0 Å². The van der Waals surface area contributed by atoms with E-state index >= 15 is 0 Å². The topological polar surface area (TPSA) is 78.3 Å². The van der Waals surface area contributed by atoms with Gasteiger partial charge < -0.3 is 16.2 Å². The van der Waals surface area contributed by atoms with Crippen molar-refractivity contribution >= 4 is 5.91 Å². The van der Waals surface area contributed by atoms with Crippen LogP contribution in [-0.4, -0.2) is 18.6 Å². The lowest BCUT2D eigenvalue weighted by molar-refractivity contribution is -0.0377. The molecule has 0 atom stereocenters. The average Bonchev–Trinajstić information content (AvgIpc) is 2.27. The predicted molar refractivity (Wildman–Crippen MR) is 65.3 cm³/mol. The second-order valence-electron chi connectivity index (χ2n) is 4.53. The highest BCUT2D eigenvalue weighted by Crippen LogP contribution is 2.29. The molecule has 2 rings (SSSR count). The van der Waals surface area contributed by atoms with Crippen LogP contribution in [0.15, 0.2) is 24.3 Å². The average molecular weight is 234 g/mol. The molecule has 0 spiro atoms. The number of rotatable bonds is 5. The summed E-state index contributed by atoms with van der Waals surface area (Å²) in [6.45, 7) is 1.18. The summed E-state index contributed by atoms with van der Waals surface area (Å²) >= 11 is 0. The van der Waals surface area contributed by atoms with Crippen LogP contribution in [0, 0.1) is 5.92 Å². The Bertz CT molecular complexity index is 400. The van der Waals surface area contributed by atoms with Gasteiger partial charge in [-0.25, -0.2) is 0 Å². The fourth-order valence-electron chi connectivity index (χ4n) is 2.10. The summed E-state index contributed by atoms with van der Waals surface area (Å²) in [5.74, 6) is 0.198. The molecular weight excluding hydrogens is 216 g/mol. The fraction of sp³-hybridized carbons (Fsp3) is 0.462. The molecule has 0 radical (unpaired) electrons. The third-order valence-electron chi connectivity index (χ3n) is 3.28. The molecule has 4 N–H and O–H groups in total. The highest BCUT2D eigenvalue weighted by molar-refractivity contribution is 5.94. The number of carbonyl (C=O) groups excluding carboxylic acids is 1. The number of carbonyl (C=O) groups is 1. The van der Waals surface area contributed by atoms with Crippen LogP contribution in [-0.2, 0) is 11.3 Å². The summed E-state index contributed by atoms with van der Waals surface area (Å²) in [5, 5.41) is 0. The maximum atomic E-state index is 11.2. The zero-order chi connectivity index (χ0) is 12.3. The van der Waals surface area contributed by atoms with E-state index < -0.39 is 5.91 Å². The third-order valence-corrected chi connectivity index (χ3v) is 3.28. The van der Waals surface area contributed by atoms with E-state index in [9.17, 15) is 4.79 Å². The van der Waals surface area contributed by atoms with Crippen LogP contribution in [0.3, 0.4) is 0 Å². The normalized spacial score (nSPS) is 23.1. The monoisotopic (exact) mass is 234 g/mol. The van der Waals surface area contributed by atoms with E-state index in [1.54, 1.807) is 12.1 Å². The molecule has 4 nitrogen and oxygen atoms in total. The van der Waals surface area contributed by atoms with Crippen molar-refractivity contribution in [1.82, 2.24) is 0 Å². The molecular formula is C13H18N2O2. The molecule has 0 aromatic heterocycles. The van der Waals surface area contributed by atoms with Gasteiger partial charge in [-0.1, -0.05) is 18.2 Å². The van der Waals surface area contributed by atoms with Crippen molar-refractivity contribution in [2.45, 2.75) is 25.6 Å². The molecule has 0 bridgehead atoms. The molecule has 1 aromatic carbocycles. The van der Waals surface area contributed by atoms with Crippen LogP contribution in [0.1, 0.15) is 28.8 Å². The molecule has 1 aliphatic rings. The van der Waals surface area contributed by atoms with Gasteiger partial charge in [0.05, 0.1) is 12.7 Å². The van der Waals surface area contributed by atoms with Gasteiger partial charge in [-0.15, -0.1) is 0 Å². The molecule has 17 heavy (non-hydrogen) atoms. The second-order valence-corrected chi connectivity index (χ2v) is 4.53. The fourth-order valence-corrected chi connectivity index (χ4v) is 2.10. The third kappa shape index (κ3) is 2.84. The van der Waals surface area contributed by atoms with E-state index in [-0.39, 0.29) is 6.10 Å². The number of benzene rings is 1. The van der Waals surface area contributed by atoms with Crippen LogP contribution in [0.25, 0.3) is 0 Å². The Labute approximate surface area is 101 Å². The molecule has 1 aliphatic carbocycles. The maximum absolute atomic E-state index is 11.2. The minimum absolute atomic E-state index is 0.282. The van der Waals surface area contributed by atoms with Gasteiger partial charge in [0.1, 0.15) is 0 Å². The van der Waals surface area contributed by atoms with Crippen LogP contribution in [0.5, 0.6) is 0 Å². The zero-order valence-corrected chi connectivity index (χ0v) is 9.76. The molecule has 1 saturated carbocycles. The molecule has 0 unspecified atom stereocenters. The van der Waals surface area contributed by atoms with E-state index in [1.807, 2.05) is 12.1 Å². The minimum Gasteiger partial charge on any atom is -0.373 e. The Hall–Kier alpha value is -1.39. The Morgan fingerprint density at radius 1 is 1.35 bits per heavy atom. The minimum atomic E-state index is -0.405. The van der Waals surface area contributed by atoms with Crippen molar-refractivity contribution in [3.8, 4) is 0 Å². The standard InChI is InChI=1S/C13H18N2O2/c14-7-9-5-11(6-9)17-8-10-3-1-2-4-12(10)13(15)16/h1-4,9,11H,5-8,14H2,(H2,15,16). The van der Waals surface area contributed by atoms with Gasteiger partial charge >= 0.3 is 0 Å². The Kier molecular flexibility index (Phi) is 3.76. The molecule has 1 amide bonds. The van der Waals surface area contributed by atoms with E-state index in [2.05, 4.69) is 0 Å². The largest absolute Gasteiger partial charge is 0.373 e. The van der Waals surface area contributed by atoms with Gasteiger partial charge in [0, 0.05) is 5.56 Å². The van der Waals surface area contributed by atoms with Gasteiger partial charge in [0.25, 0.3) is 0 Å². The first-order valence-electron chi connectivity index (χ1n) is 5.90. The summed E-state index contributed by atoms with van der Waals surface area (Å²) in [6.07, 6.45) is 2.33. The number of nitrogens with two attached hydrogens (primary N) is 2. The number of amides is 1. The van der Waals surface area contributed by atoms with Gasteiger partial charge in [0.15, 0.2) is 0 Å². The molecule has 1 fully saturated rings. The van der Waals surface area contributed by atoms with Gasteiger partial charge in [-0.3, -0.25) is 4.79 Å². The quantitative estimate of drug-likeness (QED) is 0.799. The van der Waals surface area contributed by atoms with Crippen LogP contribution in [0.4, 0.5) is 0 Å². The van der Waals surface area contributed by atoms with E-state index in [0.717, 1.165) is 24.9 Å². The lowest BCUT2D eigenvalue weighted by Gasteiger charge is -2.34. The first-order valence-corrected chi connectivity index (χ1v) is 5.90. The number of primary amides is 1. The highest BCUT2D eigenvalue weighted by atomic mass is 16.5. The number of hydrogen-bond donors (Lipinski definition) is 2. The molecule has 4 heteroatoms. The Morgan fingerprint density at radius 3 is 2.71 bits per heavy atom. The van der Waals surface area contributed by atoms with E-state index in [0.29, 0.717) is 18.1 Å². The number of ether oxygens (including phenoxy) is 1. The smallest absolute Gasteiger partial charge is 0.249 e. The van der Waals surface area contributed by atoms with Crippen LogP contribution < -0.4 is 11.5 Å². The Balaban J connectivity index is 1.89. The van der Waals surface area contributed by atoms with Crippen molar-refractivity contribution in [2.75, 3.05) is 6.54 Å². The van der Waals surface area contributed by atoms with Crippen LogP contribution >= 0.6 is 0 Å². The van der Waals surface area contributed by atoms with Crippen molar-refractivity contribution in [3.05, 3.63) is 35.4 Å². The molecule has 0 heterocycles. The predicted octanol–water partition coefficient (Wildman–Crippen LogP) is 1.04. The summed E-state index contributed by atoms with van der Waals surface area (Å²) in [4.78, 5) is 11.2. The van der Waals surface area contributed by atoms with Crippen molar-refractivity contribution in [3.63, 3.8) is 0 Å². The maximum Gasteiger partial charge on any atom is 0.249 e.